The highest BCUT2D eigenvalue weighted by Gasteiger charge is 2.21. The number of carbonyl (C=O) groups is 1. The molecule has 122 valence electrons. The monoisotopic (exact) mass is 330 g/mol. The van der Waals surface area contributed by atoms with Gasteiger partial charge in [-0.15, -0.1) is 11.3 Å². The Labute approximate surface area is 141 Å². The molecule has 0 spiro atoms. The van der Waals surface area contributed by atoms with Crippen LogP contribution in [0, 0.1) is 12.8 Å². The van der Waals surface area contributed by atoms with Gasteiger partial charge in [0.05, 0.1) is 7.11 Å². The van der Waals surface area contributed by atoms with E-state index in [1.807, 2.05) is 31.2 Å². The number of rotatable bonds is 4. The maximum absolute atomic E-state index is 12.3. The Bertz CT molecular complexity index is 717. The van der Waals surface area contributed by atoms with Crippen LogP contribution in [0.1, 0.15) is 44.6 Å². The normalized spacial score (nSPS) is 16.7. The molecule has 1 aliphatic rings. The van der Waals surface area contributed by atoms with Gasteiger partial charge in [-0.1, -0.05) is 18.6 Å². The topological polar surface area (TPSA) is 35.5 Å². The van der Waals surface area contributed by atoms with Gasteiger partial charge in [0.15, 0.2) is 0 Å². The zero-order chi connectivity index (χ0) is 16.4. The molecule has 3 nitrogen and oxygen atoms in total. The summed E-state index contributed by atoms with van der Waals surface area (Å²) in [4.78, 5) is 14.4. The van der Waals surface area contributed by atoms with Crippen molar-refractivity contribution in [3.63, 3.8) is 0 Å². The number of methoxy groups -OCH3 is 1. The summed E-state index contributed by atoms with van der Waals surface area (Å²) in [7, 11) is 1.63. The van der Waals surface area contributed by atoms with E-state index in [0.717, 1.165) is 34.6 Å². The molecular weight excluding hydrogens is 308 g/mol. The fourth-order valence-electron chi connectivity index (χ4n) is 3.04. The summed E-state index contributed by atoms with van der Waals surface area (Å²) in [6, 6.07) is 7.90. The molecule has 1 atom stereocenters. The molecule has 1 aromatic heterocycles. The molecule has 3 rings (SSSR count). The minimum atomic E-state index is -0.236. The van der Waals surface area contributed by atoms with Crippen LogP contribution in [0.3, 0.4) is 0 Å². The van der Waals surface area contributed by atoms with Crippen LogP contribution in [0.2, 0.25) is 0 Å². The van der Waals surface area contributed by atoms with E-state index in [1.165, 1.54) is 16.9 Å². The van der Waals surface area contributed by atoms with Gasteiger partial charge in [-0.25, -0.2) is 4.79 Å². The van der Waals surface area contributed by atoms with Gasteiger partial charge in [0.25, 0.3) is 0 Å². The van der Waals surface area contributed by atoms with Crippen molar-refractivity contribution in [1.82, 2.24) is 0 Å². The Hall–Kier alpha value is -1.81. The third-order valence-electron chi connectivity index (χ3n) is 4.33. The first-order valence-electron chi connectivity index (χ1n) is 7.99. The molecule has 0 fully saturated rings. The predicted molar refractivity (Wildman–Crippen MR) is 92.4 cm³/mol. The summed E-state index contributed by atoms with van der Waals surface area (Å²) in [5, 5.41) is 0. The summed E-state index contributed by atoms with van der Waals surface area (Å²) in [6.45, 7) is 4.52. The number of hydrogen-bond acceptors (Lipinski definition) is 4. The lowest BCUT2D eigenvalue weighted by atomic mass is 9.90. The maximum Gasteiger partial charge on any atom is 0.348 e. The van der Waals surface area contributed by atoms with Crippen molar-refractivity contribution < 1.29 is 14.3 Å². The number of hydrogen-bond donors (Lipinski definition) is 0. The van der Waals surface area contributed by atoms with Crippen molar-refractivity contribution in [1.29, 1.82) is 0 Å². The molecule has 0 N–H and O–H groups in total. The maximum atomic E-state index is 12.3. The first kappa shape index (κ1) is 16.1. The average Bonchev–Trinajstić information content (AvgIpc) is 2.95. The highest BCUT2D eigenvalue weighted by Crippen LogP contribution is 2.32. The van der Waals surface area contributed by atoms with E-state index in [4.69, 9.17) is 9.47 Å². The van der Waals surface area contributed by atoms with Gasteiger partial charge in [0.2, 0.25) is 0 Å². The van der Waals surface area contributed by atoms with Crippen LogP contribution in [-0.4, -0.2) is 13.1 Å². The molecule has 0 unspecified atom stereocenters. The fourth-order valence-corrected chi connectivity index (χ4v) is 4.14. The first-order chi connectivity index (χ1) is 11.1. The number of carbonyl (C=O) groups excluding carboxylic acids is 1. The van der Waals surface area contributed by atoms with E-state index in [0.29, 0.717) is 5.92 Å². The molecule has 0 saturated carbocycles. The van der Waals surface area contributed by atoms with Crippen LogP contribution >= 0.6 is 11.3 Å². The number of benzene rings is 1. The Morgan fingerprint density at radius 3 is 2.96 bits per heavy atom. The summed E-state index contributed by atoms with van der Waals surface area (Å²) >= 11 is 1.59. The second kappa shape index (κ2) is 6.75. The summed E-state index contributed by atoms with van der Waals surface area (Å²) in [5.74, 6) is 1.22. The van der Waals surface area contributed by atoms with Crippen LogP contribution in [0.15, 0.2) is 24.3 Å². The molecular formula is C19H22O3S. The zero-order valence-corrected chi connectivity index (χ0v) is 14.7. The third-order valence-corrected chi connectivity index (χ3v) is 5.54. The van der Waals surface area contributed by atoms with E-state index < -0.39 is 0 Å². The summed E-state index contributed by atoms with van der Waals surface area (Å²) < 4.78 is 10.8. The largest absolute Gasteiger partial charge is 0.496 e. The van der Waals surface area contributed by atoms with Gasteiger partial charge in [-0.05, 0) is 55.9 Å². The molecule has 0 saturated heterocycles. The fraction of sp³-hybridized carbons (Fsp3) is 0.421. The Kier molecular flexibility index (Phi) is 4.71. The van der Waals surface area contributed by atoms with Crippen LogP contribution in [0.25, 0.3) is 0 Å². The standard InChI is InChI=1S/C19H22O3S/c1-12-4-6-16(21-3)15(9-12)11-22-19(20)18-10-14-8-13(2)5-7-17(14)23-18/h4,6,9-10,13H,5,7-8,11H2,1-3H3/t13-/m1/s1. The van der Waals surface area contributed by atoms with E-state index in [1.54, 1.807) is 18.4 Å². The molecule has 0 amide bonds. The van der Waals surface area contributed by atoms with Crippen LogP contribution in [0.4, 0.5) is 0 Å². The van der Waals surface area contributed by atoms with Crippen LogP contribution < -0.4 is 4.74 Å². The summed E-state index contributed by atoms with van der Waals surface area (Å²) in [5.41, 5.74) is 3.35. The Balaban J connectivity index is 1.69. The minimum Gasteiger partial charge on any atom is -0.496 e. The number of aryl methyl sites for hydroxylation is 2. The summed E-state index contributed by atoms with van der Waals surface area (Å²) in [6.07, 6.45) is 3.37. The molecule has 0 radical (unpaired) electrons. The van der Waals surface area contributed by atoms with E-state index in [9.17, 15) is 4.79 Å². The molecule has 1 heterocycles. The lowest BCUT2D eigenvalue weighted by molar-refractivity contribution is 0.0476. The van der Waals surface area contributed by atoms with Gasteiger partial charge < -0.3 is 9.47 Å². The van der Waals surface area contributed by atoms with Crippen LogP contribution in [-0.2, 0) is 24.2 Å². The highest BCUT2D eigenvalue weighted by atomic mass is 32.1. The van der Waals surface area contributed by atoms with Crippen molar-refractivity contribution in [2.24, 2.45) is 5.92 Å². The van der Waals surface area contributed by atoms with Gasteiger partial charge in [0, 0.05) is 10.4 Å². The zero-order valence-electron chi connectivity index (χ0n) is 13.8. The number of fused-ring (bicyclic) bond motifs is 1. The first-order valence-corrected chi connectivity index (χ1v) is 8.80. The molecule has 0 bridgehead atoms. The average molecular weight is 330 g/mol. The molecule has 23 heavy (non-hydrogen) atoms. The molecule has 4 heteroatoms. The Morgan fingerprint density at radius 1 is 1.35 bits per heavy atom. The van der Waals surface area contributed by atoms with Crippen LogP contribution in [0.5, 0.6) is 5.75 Å². The highest BCUT2D eigenvalue weighted by molar-refractivity contribution is 7.14. The third kappa shape index (κ3) is 3.58. The number of thiophene rings is 1. The molecule has 2 aromatic rings. The van der Waals surface area contributed by atoms with Crippen molar-refractivity contribution in [2.75, 3.05) is 7.11 Å². The van der Waals surface area contributed by atoms with Gasteiger partial charge >= 0.3 is 5.97 Å². The number of ether oxygens (including phenoxy) is 2. The van der Waals surface area contributed by atoms with Gasteiger partial charge in [0.1, 0.15) is 17.2 Å². The molecule has 1 aliphatic carbocycles. The quantitative estimate of drug-likeness (QED) is 0.772. The van der Waals surface area contributed by atoms with Crippen molar-refractivity contribution in [2.45, 2.75) is 39.7 Å². The second-order valence-electron chi connectivity index (χ2n) is 6.30. The second-order valence-corrected chi connectivity index (χ2v) is 7.44. The number of esters is 1. The molecule has 0 aliphatic heterocycles. The van der Waals surface area contributed by atoms with Gasteiger partial charge in [-0.2, -0.15) is 0 Å². The lowest BCUT2D eigenvalue weighted by Gasteiger charge is -2.16. The van der Waals surface area contributed by atoms with E-state index >= 15 is 0 Å². The van der Waals surface area contributed by atoms with Crippen molar-refractivity contribution >= 4 is 17.3 Å². The predicted octanol–water partition coefficient (Wildman–Crippen LogP) is 4.55. The van der Waals surface area contributed by atoms with E-state index in [-0.39, 0.29) is 12.6 Å². The van der Waals surface area contributed by atoms with Crippen molar-refractivity contribution in [3.8, 4) is 5.75 Å². The minimum absolute atomic E-state index is 0.236. The molecule has 1 aromatic carbocycles. The van der Waals surface area contributed by atoms with Crippen molar-refractivity contribution in [3.05, 3.63) is 50.7 Å². The van der Waals surface area contributed by atoms with E-state index in [2.05, 4.69) is 6.92 Å². The van der Waals surface area contributed by atoms with Gasteiger partial charge in [-0.3, -0.25) is 0 Å². The SMILES string of the molecule is COc1ccc(C)cc1COC(=O)c1cc2c(s1)CC[C@@H](C)C2. The Morgan fingerprint density at radius 2 is 2.17 bits per heavy atom. The lowest BCUT2D eigenvalue weighted by Crippen LogP contribution is -2.08. The smallest absolute Gasteiger partial charge is 0.348 e.